The van der Waals surface area contributed by atoms with Gasteiger partial charge in [-0.05, 0) is 38.8 Å². The number of hydrogen-bond donors (Lipinski definition) is 1. The van der Waals surface area contributed by atoms with E-state index in [1.54, 1.807) is 32.7 Å². The lowest BCUT2D eigenvalue weighted by Crippen LogP contribution is -2.19. The number of hydrogen-bond acceptors (Lipinski definition) is 9. The minimum Gasteiger partial charge on any atom is -0.481 e. The van der Waals surface area contributed by atoms with E-state index in [1.807, 2.05) is 23.6 Å². The molecule has 0 fully saturated rings. The van der Waals surface area contributed by atoms with Crippen molar-refractivity contribution in [1.82, 2.24) is 29.7 Å². The monoisotopic (exact) mass is 449 g/mol. The van der Waals surface area contributed by atoms with E-state index in [9.17, 15) is 0 Å². The van der Waals surface area contributed by atoms with Crippen LogP contribution in [-0.2, 0) is 4.74 Å². The van der Waals surface area contributed by atoms with Gasteiger partial charge in [-0.1, -0.05) is 17.7 Å². The van der Waals surface area contributed by atoms with Crippen molar-refractivity contribution in [2.24, 2.45) is 0 Å². The van der Waals surface area contributed by atoms with Crippen LogP contribution >= 0.6 is 23.5 Å². The highest BCUT2D eigenvalue weighted by Crippen LogP contribution is 2.30. The lowest BCUT2D eigenvalue weighted by molar-refractivity contribution is 0.0972. The summed E-state index contributed by atoms with van der Waals surface area (Å²) >= 11 is 7.34. The predicted octanol–water partition coefficient (Wildman–Crippen LogP) is 4.21. The Morgan fingerprint density at radius 3 is 2.47 bits per heavy atom. The number of ether oxygens (including phenoxy) is 2. The number of aromatic nitrogens is 6. The van der Waals surface area contributed by atoms with Gasteiger partial charge in [-0.25, -0.2) is 15.0 Å². The van der Waals surface area contributed by atoms with E-state index in [-0.39, 0.29) is 17.4 Å². The summed E-state index contributed by atoms with van der Waals surface area (Å²) in [5, 5.41) is 9.12. The number of nitrogens with one attached hydrogen (secondary N) is 1. The SMILES string of the molecule is COc1cccc(-c2nnc(NSC(C)[C@H](OC)c3ncc(Cl)cn3)n2C(C)C)n1. The highest BCUT2D eigenvalue weighted by molar-refractivity contribution is 8.01. The van der Waals surface area contributed by atoms with E-state index in [0.29, 0.717) is 34.2 Å². The molecule has 1 unspecified atom stereocenters. The Bertz CT molecular complexity index is 968. The molecule has 1 N–H and O–H groups in total. The molecule has 0 bridgehead atoms. The summed E-state index contributed by atoms with van der Waals surface area (Å²) < 4.78 is 16.1. The minimum atomic E-state index is -0.324. The van der Waals surface area contributed by atoms with Gasteiger partial charge in [-0.2, -0.15) is 0 Å². The molecule has 0 saturated heterocycles. The zero-order valence-electron chi connectivity index (χ0n) is 17.4. The first-order valence-corrected chi connectivity index (χ1v) is 10.6. The number of methoxy groups -OCH3 is 2. The Labute approximate surface area is 184 Å². The third kappa shape index (κ3) is 5.00. The van der Waals surface area contributed by atoms with Gasteiger partial charge >= 0.3 is 0 Å². The van der Waals surface area contributed by atoms with Crippen molar-refractivity contribution in [1.29, 1.82) is 0 Å². The first-order chi connectivity index (χ1) is 14.4. The molecule has 30 heavy (non-hydrogen) atoms. The standard InChI is InChI=1S/C19H24ClN7O2S/c1-11(2)27-18(14-7-6-8-15(23-14)28-4)24-25-19(27)26-30-12(3)16(29-5)17-21-9-13(20)10-22-17/h6-12,16H,1-5H3,(H,25,26)/t12?,16-/m0/s1. The van der Waals surface area contributed by atoms with Crippen LogP contribution in [0, 0.1) is 0 Å². The highest BCUT2D eigenvalue weighted by Gasteiger charge is 2.24. The molecular weight excluding hydrogens is 426 g/mol. The summed E-state index contributed by atoms with van der Waals surface area (Å²) in [7, 11) is 3.21. The number of anilines is 1. The van der Waals surface area contributed by atoms with Crippen molar-refractivity contribution in [3.63, 3.8) is 0 Å². The first kappa shape index (κ1) is 22.3. The van der Waals surface area contributed by atoms with E-state index in [2.05, 4.69) is 43.7 Å². The number of pyridine rings is 1. The van der Waals surface area contributed by atoms with Crippen LogP contribution < -0.4 is 9.46 Å². The summed E-state index contributed by atoms with van der Waals surface area (Å²) in [4.78, 5) is 13.0. The summed E-state index contributed by atoms with van der Waals surface area (Å²) in [6.45, 7) is 6.14. The largest absolute Gasteiger partial charge is 0.481 e. The average molecular weight is 450 g/mol. The van der Waals surface area contributed by atoms with Crippen molar-refractivity contribution in [2.75, 3.05) is 18.9 Å². The van der Waals surface area contributed by atoms with Crippen LogP contribution in [0.5, 0.6) is 5.88 Å². The fraction of sp³-hybridized carbons (Fsp3) is 0.421. The normalized spacial score (nSPS) is 13.3. The highest BCUT2D eigenvalue weighted by atomic mass is 35.5. The number of rotatable bonds is 9. The fourth-order valence-corrected chi connectivity index (χ4v) is 3.75. The molecule has 3 heterocycles. The van der Waals surface area contributed by atoms with Crippen LogP contribution in [0.4, 0.5) is 5.95 Å². The Kier molecular flexibility index (Phi) is 7.46. The lowest BCUT2D eigenvalue weighted by atomic mass is 10.2. The molecule has 0 aliphatic heterocycles. The fourth-order valence-electron chi connectivity index (χ4n) is 2.86. The maximum atomic E-state index is 5.88. The van der Waals surface area contributed by atoms with Gasteiger partial charge < -0.3 is 9.47 Å². The second-order valence-electron chi connectivity index (χ2n) is 6.72. The second kappa shape index (κ2) is 10.1. The van der Waals surface area contributed by atoms with E-state index in [0.717, 1.165) is 0 Å². The molecule has 0 aliphatic carbocycles. The molecule has 3 aromatic rings. The van der Waals surface area contributed by atoms with Crippen molar-refractivity contribution >= 4 is 29.5 Å². The Morgan fingerprint density at radius 2 is 1.83 bits per heavy atom. The Balaban J connectivity index is 1.79. The van der Waals surface area contributed by atoms with Gasteiger partial charge in [-0.15, -0.1) is 10.2 Å². The summed E-state index contributed by atoms with van der Waals surface area (Å²) in [6.07, 6.45) is 2.79. The van der Waals surface area contributed by atoms with Crippen molar-refractivity contribution < 1.29 is 9.47 Å². The molecule has 3 aromatic heterocycles. The van der Waals surface area contributed by atoms with Gasteiger partial charge in [0.25, 0.3) is 0 Å². The molecule has 9 nitrogen and oxygen atoms in total. The summed E-state index contributed by atoms with van der Waals surface area (Å²) in [5.41, 5.74) is 0.686. The van der Waals surface area contributed by atoms with Crippen LogP contribution in [-0.4, -0.2) is 49.2 Å². The number of nitrogens with zero attached hydrogens (tertiary/aromatic N) is 6. The molecule has 0 spiro atoms. The second-order valence-corrected chi connectivity index (χ2v) is 8.34. The summed E-state index contributed by atoms with van der Waals surface area (Å²) in [5.74, 6) is 2.36. The minimum absolute atomic E-state index is 0.0214. The quantitative estimate of drug-likeness (QED) is 0.481. The average Bonchev–Trinajstić information content (AvgIpc) is 3.18. The maximum Gasteiger partial charge on any atom is 0.235 e. The van der Waals surface area contributed by atoms with Crippen molar-refractivity contribution in [3.05, 3.63) is 41.4 Å². The molecule has 0 saturated carbocycles. The van der Waals surface area contributed by atoms with Crippen LogP contribution in [0.25, 0.3) is 11.5 Å². The molecule has 2 atom stereocenters. The van der Waals surface area contributed by atoms with Gasteiger partial charge in [0, 0.05) is 31.6 Å². The molecule has 0 aromatic carbocycles. The zero-order valence-corrected chi connectivity index (χ0v) is 19.0. The number of halogens is 1. The zero-order chi connectivity index (χ0) is 21.7. The van der Waals surface area contributed by atoms with Gasteiger partial charge in [0.05, 0.1) is 17.4 Å². The third-order valence-corrected chi connectivity index (χ3v) is 5.40. The van der Waals surface area contributed by atoms with Crippen LogP contribution in [0.3, 0.4) is 0 Å². The molecule has 0 radical (unpaired) electrons. The molecule has 160 valence electrons. The van der Waals surface area contributed by atoms with Gasteiger partial charge in [0.1, 0.15) is 11.8 Å². The van der Waals surface area contributed by atoms with Gasteiger partial charge in [0.15, 0.2) is 11.6 Å². The molecule has 11 heteroatoms. The molecule has 3 rings (SSSR count). The van der Waals surface area contributed by atoms with Crippen LogP contribution in [0.2, 0.25) is 5.02 Å². The molecular formula is C19H24ClN7O2S. The van der Waals surface area contributed by atoms with Crippen molar-refractivity contribution in [3.8, 4) is 17.4 Å². The predicted molar refractivity (Wildman–Crippen MR) is 118 cm³/mol. The summed E-state index contributed by atoms with van der Waals surface area (Å²) in [6, 6.07) is 5.66. The van der Waals surface area contributed by atoms with E-state index >= 15 is 0 Å². The lowest BCUT2D eigenvalue weighted by Gasteiger charge is -2.21. The van der Waals surface area contributed by atoms with E-state index < -0.39 is 0 Å². The smallest absolute Gasteiger partial charge is 0.235 e. The van der Waals surface area contributed by atoms with Crippen LogP contribution in [0.1, 0.15) is 38.7 Å². The van der Waals surface area contributed by atoms with Gasteiger partial charge in [0.2, 0.25) is 11.8 Å². The maximum absolute atomic E-state index is 5.88. The molecule has 0 amide bonds. The first-order valence-electron chi connectivity index (χ1n) is 9.32. The van der Waals surface area contributed by atoms with Gasteiger partial charge in [-0.3, -0.25) is 9.29 Å². The topological polar surface area (TPSA) is 99.9 Å². The Morgan fingerprint density at radius 1 is 1.10 bits per heavy atom. The third-order valence-electron chi connectivity index (χ3n) is 4.29. The van der Waals surface area contributed by atoms with Crippen LogP contribution in [0.15, 0.2) is 30.6 Å². The van der Waals surface area contributed by atoms with Crippen molar-refractivity contribution in [2.45, 2.75) is 38.2 Å². The van der Waals surface area contributed by atoms with E-state index in [1.165, 1.54) is 11.9 Å². The van der Waals surface area contributed by atoms with E-state index in [4.69, 9.17) is 21.1 Å². The Hall–Kier alpha value is -2.43. The molecule has 0 aliphatic rings.